The second-order valence-corrected chi connectivity index (χ2v) is 5.89. The van der Waals surface area contributed by atoms with Crippen molar-refractivity contribution in [1.29, 1.82) is 0 Å². The fourth-order valence-corrected chi connectivity index (χ4v) is 2.89. The number of hydrogen-bond donors (Lipinski definition) is 3. The van der Waals surface area contributed by atoms with Crippen LogP contribution in [0.15, 0.2) is 23.4 Å². The number of aryl methyl sites for hydroxylation is 1. The van der Waals surface area contributed by atoms with E-state index >= 15 is 0 Å². The molecule has 1 aliphatic heterocycles. The highest BCUT2D eigenvalue weighted by Gasteiger charge is 2.18. The zero-order valence-corrected chi connectivity index (χ0v) is 13.0. The summed E-state index contributed by atoms with van der Waals surface area (Å²) in [6, 6.07) is 6.54. The summed E-state index contributed by atoms with van der Waals surface area (Å²) in [5.41, 5.74) is 8.77. The Labute approximate surface area is 126 Å². The van der Waals surface area contributed by atoms with Crippen molar-refractivity contribution in [2.75, 3.05) is 20.1 Å². The number of piperidine rings is 1. The van der Waals surface area contributed by atoms with Gasteiger partial charge in [-0.3, -0.25) is 0 Å². The van der Waals surface area contributed by atoms with Crippen molar-refractivity contribution >= 4 is 5.84 Å². The lowest BCUT2D eigenvalue weighted by molar-refractivity contribution is 0.181. The van der Waals surface area contributed by atoms with E-state index in [0.717, 1.165) is 24.2 Å². The standard InChI is InChI=1S/C16H26N4O/c1-12-9-13(16(17)19-21)6-7-14(12)10-18-11-15-5-3-4-8-20(15)2/h6-7,9,15,18,21H,3-5,8,10-11H2,1-2H3,(H2,17,19). The highest BCUT2D eigenvalue weighted by molar-refractivity contribution is 5.97. The normalized spacial score (nSPS) is 20.7. The van der Waals surface area contributed by atoms with E-state index in [0.29, 0.717) is 6.04 Å². The first-order chi connectivity index (χ1) is 10.1. The lowest BCUT2D eigenvalue weighted by atomic mass is 10.0. The van der Waals surface area contributed by atoms with Gasteiger partial charge in [-0.1, -0.05) is 23.7 Å². The molecular weight excluding hydrogens is 264 g/mol. The van der Waals surface area contributed by atoms with Crippen molar-refractivity contribution in [2.45, 2.75) is 38.8 Å². The fourth-order valence-electron chi connectivity index (χ4n) is 2.89. The quantitative estimate of drug-likeness (QED) is 0.334. The predicted octanol–water partition coefficient (Wildman–Crippen LogP) is 1.66. The summed E-state index contributed by atoms with van der Waals surface area (Å²) in [6.07, 6.45) is 3.94. The molecule has 4 N–H and O–H groups in total. The number of rotatable bonds is 5. The molecule has 0 radical (unpaired) electrons. The third-order valence-electron chi connectivity index (χ3n) is 4.36. The molecule has 1 aliphatic rings. The van der Waals surface area contributed by atoms with Gasteiger partial charge in [0.2, 0.25) is 0 Å². The van der Waals surface area contributed by atoms with E-state index in [1.807, 2.05) is 18.2 Å². The van der Waals surface area contributed by atoms with E-state index < -0.39 is 0 Å². The minimum atomic E-state index is 0.154. The van der Waals surface area contributed by atoms with Crippen LogP contribution in [0.5, 0.6) is 0 Å². The van der Waals surface area contributed by atoms with Crippen LogP contribution in [-0.4, -0.2) is 42.1 Å². The fraction of sp³-hybridized carbons (Fsp3) is 0.562. The van der Waals surface area contributed by atoms with Gasteiger partial charge in [-0.05, 0) is 50.6 Å². The minimum absolute atomic E-state index is 0.154. The maximum atomic E-state index is 8.70. The molecular formula is C16H26N4O. The van der Waals surface area contributed by atoms with Crippen LogP contribution in [0.1, 0.15) is 36.0 Å². The Morgan fingerprint density at radius 3 is 2.95 bits per heavy atom. The average molecular weight is 290 g/mol. The molecule has 1 atom stereocenters. The van der Waals surface area contributed by atoms with Gasteiger partial charge in [-0.25, -0.2) is 0 Å². The van der Waals surface area contributed by atoms with Crippen molar-refractivity contribution in [3.8, 4) is 0 Å². The van der Waals surface area contributed by atoms with E-state index in [4.69, 9.17) is 10.9 Å². The first kappa shape index (κ1) is 15.8. The van der Waals surface area contributed by atoms with Gasteiger partial charge in [-0.2, -0.15) is 0 Å². The Morgan fingerprint density at radius 1 is 1.48 bits per heavy atom. The van der Waals surface area contributed by atoms with Gasteiger partial charge in [0, 0.05) is 24.7 Å². The van der Waals surface area contributed by atoms with Crippen LogP contribution in [0.2, 0.25) is 0 Å². The molecule has 0 saturated carbocycles. The van der Waals surface area contributed by atoms with E-state index in [-0.39, 0.29) is 5.84 Å². The topological polar surface area (TPSA) is 73.9 Å². The van der Waals surface area contributed by atoms with Crippen molar-refractivity contribution in [2.24, 2.45) is 10.9 Å². The molecule has 0 aromatic heterocycles. The van der Waals surface area contributed by atoms with Gasteiger partial charge in [0.25, 0.3) is 0 Å². The second kappa shape index (κ2) is 7.43. The van der Waals surface area contributed by atoms with E-state index in [2.05, 4.69) is 29.3 Å². The Bertz CT molecular complexity index is 501. The van der Waals surface area contributed by atoms with E-state index in [1.165, 1.54) is 31.4 Å². The summed E-state index contributed by atoms with van der Waals surface area (Å²) in [5.74, 6) is 0.154. The third kappa shape index (κ3) is 4.19. The SMILES string of the molecule is Cc1cc(/C(N)=N/O)ccc1CNCC1CCCCN1C. The summed E-state index contributed by atoms with van der Waals surface area (Å²) in [7, 11) is 2.21. The lowest BCUT2D eigenvalue weighted by Gasteiger charge is -2.32. The number of nitrogens with two attached hydrogens (primary N) is 1. The molecule has 0 amide bonds. The van der Waals surface area contributed by atoms with Gasteiger partial charge in [-0.15, -0.1) is 0 Å². The number of hydrogen-bond acceptors (Lipinski definition) is 4. The number of nitrogens with one attached hydrogen (secondary N) is 1. The van der Waals surface area contributed by atoms with Crippen LogP contribution in [0.4, 0.5) is 0 Å². The molecule has 0 spiro atoms. The van der Waals surface area contributed by atoms with Crippen LogP contribution in [-0.2, 0) is 6.54 Å². The Kier molecular flexibility index (Phi) is 5.59. The summed E-state index contributed by atoms with van der Waals surface area (Å²) in [4.78, 5) is 2.45. The number of oxime groups is 1. The number of likely N-dealkylation sites (N-methyl/N-ethyl adjacent to an activating group) is 1. The smallest absolute Gasteiger partial charge is 0.170 e. The zero-order valence-electron chi connectivity index (χ0n) is 13.0. The molecule has 5 heteroatoms. The second-order valence-electron chi connectivity index (χ2n) is 5.89. The minimum Gasteiger partial charge on any atom is -0.409 e. The maximum absolute atomic E-state index is 8.70. The van der Waals surface area contributed by atoms with Crippen LogP contribution < -0.4 is 11.1 Å². The Balaban J connectivity index is 1.88. The number of likely N-dealkylation sites (tertiary alicyclic amines) is 1. The van der Waals surface area contributed by atoms with Crippen molar-refractivity contribution < 1.29 is 5.21 Å². The van der Waals surface area contributed by atoms with Crippen LogP contribution >= 0.6 is 0 Å². The van der Waals surface area contributed by atoms with Crippen LogP contribution in [0.3, 0.4) is 0 Å². The van der Waals surface area contributed by atoms with E-state index in [1.54, 1.807) is 0 Å². The summed E-state index contributed by atoms with van der Waals surface area (Å²) < 4.78 is 0. The highest BCUT2D eigenvalue weighted by Crippen LogP contribution is 2.15. The first-order valence-electron chi connectivity index (χ1n) is 7.60. The molecule has 0 bridgehead atoms. The molecule has 1 unspecified atom stereocenters. The van der Waals surface area contributed by atoms with Gasteiger partial charge in [0.1, 0.15) is 0 Å². The van der Waals surface area contributed by atoms with Crippen molar-refractivity contribution in [1.82, 2.24) is 10.2 Å². The molecule has 1 fully saturated rings. The van der Waals surface area contributed by atoms with Gasteiger partial charge in [0.15, 0.2) is 5.84 Å². The highest BCUT2D eigenvalue weighted by atomic mass is 16.4. The lowest BCUT2D eigenvalue weighted by Crippen LogP contribution is -2.42. The molecule has 1 aromatic rings. The van der Waals surface area contributed by atoms with Gasteiger partial charge < -0.3 is 21.2 Å². The largest absolute Gasteiger partial charge is 0.409 e. The zero-order chi connectivity index (χ0) is 15.2. The summed E-state index contributed by atoms with van der Waals surface area (Å²) in [6.45, 7) is 5.14. The predicted molar refractivity (Wildman–Crippen MR) is 85.7 cm³/mol. The van der Waals surface area contributed by atoms with Crippen molar-refractivity contribution in [3.63, 3.8) is 0 Å². The summed E-state index contributed by atoms with van der Waals surface area (Å²) >= 11 is 0. The molecule has 1 aromatic carbocycles. The van der Waals surface area contributed by atoms with Gasteiger partial charge >= 0.3 is 0 Å². The molecule has 1 heterocycles. The van der Waals surface area contributed by atoms with Crippen LogP contribution in [0.25, 0.3) is 0 Å². The average Bonchev–Trinajstić information content (AvgIpc) is 2.50. The summed E-state index contributed by atoms with van der Waals surface area (Å²) in [5, 5.41) is 15.3. The molecule has 0 aliphatic carbocycles. The van der Waals surface area contributed by atoms with Gasteiger partial charge in [0.05, 0.1) is 0 Å². The molecule has 116 valence electrons. The maximum Gasteiger partial charge on any atom is 0.170 e. The molecule has 2 rings (SSSR count). The number of benzene rings is 1. The third-order valence-corrected chi connectivity index (χ3v) is 4.36. The number of amidine groups is 1. The van der Waals surface area contributed by atoms with E-state index in [9.17, 15) is 0 Å². The first-order valence-corrected chi connectivity index (χ1v) is 7.60. The molecule has 21 heavy (non-hydrogen) atoms. The van der Waals surface area contributed by atoms with Crippen molar-refractivity contribution in [3.05, 3.63) is 34.9 Å². The monoisotopic (exact) mass is 290 g/mol. The Morgan fingerprint density at radius 2 is 2.29 bits per heavy atom. The molecule has 5 nitrogen and oxygen atoms in total. The number of nitrogens with zero attached hydrogens (tertiary/aromatic N) is 2. The Hall–Kier alpha value is -1.59. The molecule has 1 saturated heterocycles. The van der Waals surface area contributed by atoms with Crippen LogP contribution in [0, 0.1) is 6.92 Å².